The highest BCUT2D eigenvalue weighted by Crippen LogP contribution is 2.23. The zero-order valence-electron chi connectivity index (χ0n) is 15.0. The Morgan fingerprint density at radius 3 is 2.69 bits per heavy atom. The van der Waals surface area contributed by atoms with Crippen molar-refractivity contribution in [1.29, 1.82) is 0 Å². The van der Waals surface area contributed by atoms with Crippen LogP contribution in [0.15, 0.2) is 30.3 Å². The average molecular weight is 353 g/mol. The predicted molar refractivity (Wildman–Crippen MR) is 96.1 cm³/mol. The van der Waals surface area contributed by atoms with E-state index in [-0.39, 0.29) is 17.7 Å². The Bertz CT molecular complexity index is 817. The number of aromatic nitrogens is 3. The molecule has 0 bridgehead atoms. The maximum atomic E-state index is 12.9. The number of fused-ring (bicyclic) bond motifs is 1. The Balaban J connectivity index is 1.48. The van der Waals surface area contributed by atoms with Crippen LogP contribution in [0, 0.1) is 5.92 Å². The maximum absolute atomic E-state index is 12.9. The molecule has 1 unspecified atom stereocenters. The van der Waals surface area contributed by atoms with Gasteiger partial charge in [0.1, 0.15) is 5.82 Å². The average Bonchev–Trinajstić information content (AvgIpc) is 3.19. The van der Waals surface area contributed by atoms with E-state index in [1.165, 1.54) is 0 Å². The van der Waals surface area contributed by atoms with Crippen molar-refractivity contribution < 1.29 is 9.59 Å². The van der Waals surface area contributed by atoms with E-state index in [2.05, 4.69) is 14.8 Å². The van der Waals surface area contributed by atoms with Gasteiger partial charge in [0.2, 0.25) is 11.8 Å². The standard InChI is InChI=1S/C19H23N5O2/c1-2-22-13-15(12-17(22)25)19(26)23-9-8-16-20-21-18(24(16)11-10-23)14-6-4-3-5-7-14/h3-7,15H,2,8-13H2,1H3. The summed E-state index contributed by atoms with van der Waals surface area (Å²) >= 11 is 0. The van der Waals surface area contributed by atoms with E-state index in [9.17, 15) is 9.59 Å². The van der Waals surface area contributed by atoms with Crippen molar-refractivity contribution in [2.24, 2.45) is 5.92 Å². The smallest absolute Gasteiger partial charge is 0.228 e. The van der Waals surface area contributed by atoms with E-state index in [4.69, 9.17) is 0 Å². The molecule has 4 rings (SSSR count). The summed E-state index contributed by atoms with van der Waals surface area (Å²) in [6.07, 6.45) is 1.02. The van der Waals surface area contributed by atoms with E-state index in [0.29, 0.717) is 45.6 Å². The molecule has 1 saturated heterocycles. The molecule has 136 valence electrons. The molecule has 0 radical (unpaired) electrons. The highest BCUT2D eigenvalue weighted by atomic mass is 16.2. The first-order chi connectivity index (χ1) is 12.7. The molecule has 2 aromatic rings. The van der Waals surface area contributed by atoms with Gasteiger partial charge in [0.05, 0.1) is 5.92 Å². The quantitative estimate of drug-likeness (QED) is 0.831. The first-order valence-electron chi connectivity index (χ1n) is 9.21. The predicted octanol–water partition coefficient (Wildman–Crippen LogP) is 1.20. The minimum absolute atomic E-state index is 0.0872. The minimum atomic E-state index is -0.209. The molecule has 2 aliphatic heterocycles. The molecule has 7 heteroatoms. The second-order valence-corrected chi connectivity index (χ2v) is 6.87. The summed E-state index contributed by atoms with van der Waals surface area (Å²) in [6.45, 7) is 5.10. The summed E-state index contributed by atoms with van der Waals surface area (Å²) in [5.74, 6) is 1.73. The van der Waals surface area contributed by atoms with E-state index in [1.807, 2.05) is 42.2 Å². The Morgan fingerprint density at radius 1 is 1.15 bits per heavy atom. The molecule has 1 fully saturated rings. The summed E-state index contributed by atoms with van der Waals surface area (Å²) < 4.78 is 2.11. The molecule has 0 saturated carbocycles. The fourth-order valence-corrected chi connectivity index (χ4v) is 3.85. The molecular weight excluding hydrogens is 330 g/mol. The first-order valence-corrected chi connectivity index (χ1v) is 9.21. The molecule has 26 heavy (non-hydrogen) atoms. The molecule has 3 heterocycles. The highest BCUT2D eigenvalue weighted by molar-refractivity contribution is 5.89. The topological polar surface area (TPSA) is 71.3 Å². The van der Waals surface area contributed by atoms with Gasteiger partial charge in [0.15, 0.2) is 5.82 Å². The molecular formula is C19H23N5O2. The van der Waals surface area contributed by atoms with E-state index in [0.717, 1.165) is 17.2 Å². The lowest BCUT2D eigenvalue weighted by Crippen LogP contribution is -2.39. The largest absolute Gasteiger partial charge is 0.342 e. The summed E-state index contributed by atoms with van der Waals surface area (Å²) in [6, 6.07) is 10.00. The van der Waals surface area contributed by atoms with Crippen LogP contribution in [0.1, 0.15) is 19.2 Å². The Kier molecular flexibility index (Phi) is 4.44. The van der Waals surface area contributed by atoms with Crippen LogP contribution in [0.3, 0.4) is 0 Å². The third-order valence-electron chi connectivity index (χ3n) is 5.32. The van der Waals surface area contributed by atoms with Gasteiger partial charge in [-0.05, 0) is 6.92 Å². The molecule has 7 nitrogen and oxygen atoms in total. The van der Waals surface area contributed by atoms with E-state index < -0.39 is 0 Å². The lowest BCUT2D eigenvalue weighted by Gasteiger charge is -2.23. The zero-order chi connectivity index (χ0) is 18.1. The Labute approximate surface area is 152 Å². The second kappa shape index (κ2) is 6.90. The van der Waals surface area contributed by atoms with Gasteiger partial charge in [0.25, 0.3) is 0 Å². The lowest BCUT2D eigenvalue weighted by atomic mass is 10.1. The summed E-state index contributed by atoms with van der Waals surface area (Å²) in [5.41, 5.74) is 1.03. The number of hydrogen-bond donors (Lipinski definition) is 0. The number of benzene rings is 1. The van der Waals surface area contributed by atoms with Crippen LogP contribution in [0.2, 0.25) is 0 Å². The van der Waals surface area contributed by atoms with Crippen LogP contribution >= 0.6 is 0 Å². The van der Waals surface area contributed by atoms with Crippen molar-refractivity contribution in [1.82, 2.24) is 24.6 Å². The number of hydrogen-bond acceptors (Lipinski definition) is 4. The van der Waals surface area contributed by atoms with Gasteiger partial charge >= 0.3 is 0 Å². The Morgan fingerprint density at radius 2 is 1.96 bits per heavy atom. The number of carbonyl (C=O) groups is 2. The van der Waals surface area contributed by atoms with Crippen molar-refractivity contribution in [2.45, 2.75) is 26.3 Å². The molecule has 1 atom stereocenters. The molecule has 1 aromatic heterocycles. The highest BCUT2D eigenvalue weighted by Gasteiger charge is 2.36. The molecule has 1 aromatic carbocycles. The Hall–Kier alpha value is -2.70. The first kappa shape index (κ1) is 16.8. The van der Waals surface area contributed by atoms with Crippen LogP contribution in [0.4, 0.5) is 0 Å². The van der Waals surface area contributed by atoms with E-state index >= 15 is 0 Å². The lowest BCUT2D eigenvalue weighted by molar-refractivity contribution is -0.135. The zero-order valence-corrected chi connectivity index (χ0v) is 15.0. The van der Waals surface area contributed by atoms with Crippen LogP contribution < -0.4 is 0 Å². The third-order valence-corrected chi connectivity index (χ3v) is 5.32. The van der Waals surface area contributed by atoms with Gasteiger partial charge in [-0.3, -0.25) is 9.59 Å². The molecule has 0 N–H and O–H groups in total. The molecule has 0 aliphatic carbocycles. The maximum Gasteiger partial charge on any atom is 0.228 e. The van der Waals surface area contributed by atoms with Crippen molar-refractivity contribution >= 4 is 11.8 Å². The van der Waals surface area contributed by atoms with Gasteiger partial charge in [0, 0.05) is 51.1 Å². The molecule has 2 aliphatic rings. The van der Waals surface area contributed by atoms with E-state index in [1.54, 1.807) is 4.90 Å². The van der Waals surface area contributed by atoms with Crippen molar-refractivity contribution in [3.63, 3.8) is 0 Å². The number of carbonyl (C=O) groups excluding carboxylic acids is 2. The van der Waals surface area contributed by atoms with Gasteiger partial charge < -0.3 is 14.4 Å². The SMILES string of the molecule is CCN1CC(C(=O)N2CCc3nnc(-c4ccccc4)n3CC2)CC1=O. The van der Waals surface area contributed by atoms with Crippen molar-refractivity contribution in [3.8, 4) is 11.4 Å². The van der Waals surface area contributed by atoms with Crippen LogP contribution in [-0.4, -0.2) is 62.6 Å². The fourth-order valence-electron chi connectivity index (χ4n) is 3.85. The number of likely N-dealkylation sites (tertiary alicyclic amines) is 1. The number of nitrogens with zero attached hydrogens (tertiary/aromatic N) is 5. The summed E-state index contributed by atoms with van der Waals surface area (Å²) in [5, 5.41) is 8.68. The summed E-state index contributed by atoms with van der Waals surface area (Å²) in [7, 11) is 0. The van der Waals surface area contributed by atoms with Crippen molar-refractivity contribution in [3.05, 3.63) is 36.2 Å². The van der Waals surface area contributed by atoms with Crippen LogP contribution in [0.5, 0.6) is 0 Å². The fraction of sp³-hybridized carbons (Fsp3) is 0.474. The molecule has 0 spiro atoms. The normalized spacial score (nSPS) is 20.2. The molecule has 2 amide bonds. The van der Waals surface area contributed by atoms with Gasteiger partial charge in [-0.1, -0.05) is 30.3 Å². The number of amides is 2. The number of rotatable bonds is 3. The minimum Gasteiger partial charge on any atom is -0.342 e. The van der Waals surface area contributed by atoms with Crippen molar-refractivity contribution in [2.75, 3.05) is 26.2 Å². The van der Waals surface area contributed by atoms with Gasteiger partial charge in [-0.25, -0.2) is 0 Å². The third kappa shape index (κ3) is 2.98. The monoisotopic (exact) mass is 353 g/mol. The van der Waals surface area contributed by atoms with Crippen LogP contribution in [0.25, 0.3) is 11.4 Å². The van der Waals surface area contributed by atoms with Gasteiger partial charge in [-0.15, -0.1) is 10.2 Å². The van der Waals surface area contributed by atoms with Gasteiger partial charge in [-0.2, -0.15) is 0 Å². The second-order valence-electron chi connectivity index (χ2n) is 6.87. The van der Waals surface area contributed by atoms with Crippen LogP contribution in [-0.2, 0) is 22.6 Å². The summed E-state index contributed by atoms with van der Waals surface area (Å²) in [4.78, 5) is 28.5.